The molecule has 0 aliphatic rings. The van der Waals surface area contributed by atoms with Crippen LogP contribution < -0.4 is 14.4 Å². The summed E-state index contributed by atoms with van der Waals surface area (Å²) in [6.45, 7) is 5.22. The van der Waals surface area contributed by atoms with Crippen molar-refractivity contribution in [1.29, 1.82) is 0 Å². The summed E-state index contributed by atoms with van der Waals surface area (Å²) in [6, 6.07) is 7.85. The van der Waals surface area contributed by atoms with E-state index in [1.807, 2.05) is 0 Å². The molecule has 28 heavy (non-hydrogen) atoms. The smallest absolute Gasteiger partial charge is 0.247 e. The molecular weight excluding hydrogens is 390 g/mol. The fourth-order valence-corrected chi connectivity index (χ4v) is 3.63. The first kappa shape index (κ1) is 21.4. The number of nitrogens with zero attached hydrogens (tertiary/aromatic N) is 1. The molecule has 0 aliphatic heterocycles. The molecule has 0 aromatic heterocycles. The molecule has 0 saturated heterocycles. The quantitative estimate of drug-likeness (QED) is 0.678. The Hall–Kier alpha value is -2.94. The number of nitrogens with one attached hydrogen (secondary N) is 1. The van der Waals surface area contributed by atoms with E-state index in [1.54, 1.807) is 30.3 Å². The number of ether oxygens (including phenoxy) is 1. The van der Waals surface area contributed by atoms with Crippen LogP contribution >= 0.6 is 0 Å². The zero-order chi connectivity index (χ0) is 20.9. The number of benzene rings is 2. The molecule has 1 atom stereocenters. The molecule has 150 valence electrons. The Morgan fingerprint density at radius 2 is 1.86 bits per heavy atom. The van der Waals surface area contributed by atoms with E-state index in [9.17, 15) is 22.0 Å². The Balaban J connectivity index is 2.21. The van der Waals surface area contributed by atoms with Crippen LogP contribution in [0.4, 0.5) is 20.2 Å². The maximum atomic E-state index is 13.6. The van der Waals surface area contributed by atoms with E-state index < -0.39 is 33.6 Å². The van der Waals surface area contributed by atoms with Gasteiger partial charge >= 0.3 is 0 Å². The molecule has 0 heterocycles. The van der Waals surface area contributed by atoms with Crippen LogP contribution in [0.1, 0.15) is 6.92 Å². The van der Waals surface area contributed by atoms with Gasteiger partial charge in [0.1, 0.15) is 18.4 Å². The molecular formula is C19H20F2N2O4S. The first-order valence-corrected chi connectivity index (χ1v) is 10.1. The zero-order valence-corrected chi connectivity index (χ0v) is 16.2. The molecule has 0 bridgehead atoms. The number of halogens is 2. The second kappa shape index (κ2) is 8.83. The molecule has 2 aromatic rings. The SMILES string of the molecule is C=CCOc1ccc(NC(=O)[C@H](C)N(c2ccc(F)c(F)c2)S(C)(=O)=O)cc1. The van der Waals surface area contributed by atoms with Gasteiger partial charge in [0.15, 0.2) is 11.6 Å². The maximum Gasteiger partial charge on any atom is 0.247 e. The van der Waals surface area contributed by atoms with Crippen LogP contribution in [0.5, 0.6) is 5.75 Å². The first-order chi connectivity index (χ1) is 13.1. The van der Waals surface area contributed by atoms with Crippen molar-refractivity contribution < 1.29 is 26.7 Å². The molecule has 0 radical (unpaired) electrons. The number of sulfonamides is 1. The molecule has 6 nitrogen and oxygen atoms in total. The summed E-state index contributed by atoms with van der Waals surface area (Å²) < 4.78 is 57.2. The zero-order valence-electron chi connectivity index (χ0n) is 15.4. The van der Waals surface area contributed by atoms with Crippen molar-refractivity contribution in [2.45, 2.75) is 13.0 Å². The van der Waals surface area contributed by atoms with E-state index in [0.717, 1.165) is 28.8 Å². The van der Waals surface area contributed by atoms with Crippen molar-refractivity contribution in [3.8, 4) is 5.75 Å². The highest BCUT2D eigenvalue weighted by Crippen LogP contribution is 2.24. The van der Waals surface area contributed by atoms with Gasteiger partial charge in [-0.2, -0.15) is 0 Å². The summed E-state index contributed by atoms with van der Waals surface area (Å²) in [5, 5.41) is 2.58. The van der Waals surface area contributed by atoms with E-state index in [1.165, 1.54) is 6.92 Å². The molecule has 1 amide bonds. The fraction of sp³-hybridized carbons (Fsp3) is 0.211. The van der Waals surface area contributed by atoms with E-state index in [-0.39, 0.29) is 5.69 Å². The minimum absolute atomic E-state index is 0.155. The number of hydrogen-bond acceptors (Lipinski definition) is 4. The standard InChI is InChI=1S/C19H20F2N2O4S/c1-4-11-27-16-8-5-14(6-9-16)22-19(24)13(2)23(28(3,25)26)15-7-10-17(20)18(21)12-15/h4-10,12-13H,1,11H2,2-3H3,(H,22,24)/t13-/m0/s1. The average Bonchev–Trinajstić information content (AvgIpc) is 2.63. The third-order valence-electron chi connectivity index (χ3n) is 3.74. The van der Waals surface area contributed by atoms with Crippen LogP contribution in [-0.4, -0.2) is 33.2 Å². The monoisotopic (exact) mass is 410 g/mol. The Bertz CT molecular complexity index is 962. The van der Waals surface area contributed by atoms with Crippen LogP contribution in [-0.2, 0) is 14.8 Å². The highest BCUT2D eigenvalue weighted by molar-refractivity contribution is 7.92. The van der Waals surface area contributed by atoms with Gasteiger partial charge in [0.05, 0.1) is 11.9 Å². The molecule has 0 unspecified atom stereocenters. The van der Waals surface area contributed by atoms with Gasteiger partial charge in [-0.05, 0) is 43.3 Å². The summed E-state index contributed by atoms with van der Waals surface area (Å²) >= 11 is 0. The number of carbonyl (C=O) groups excluding carboxylic acids is 1. The van der Waals surface area contributed by atoms with Gasteiger partial charge < -0.3 is 10.1 Å². The average molecular weight is 410 g/mol. The lowest BCUT2D eigenvalue weighted by Crippen LogP contribution is -2.45. The Labute approximate surface area is 162 Å². The normalized spacial score (nSPS) is 12.1. The largest absolute Gasteiger partial charge is 0.490 e. The van der Waals surface area contributed by atoms with Gasteiger partial charge in [0, 0.05) is 11.8 Å². The summed E-state index contributed by atoms with van der Waals surface area (Å²) in [5.74, 6) is -2.40. The fourth-order valence-electron chi connectivity index (χ4n) is 2.47. The third kappa shape index (κ3) is 5.29. The lowest BCUT2D eigenvalue weighted by atomic mass is 10.2. The first-order valence-electron chi connectivity index (χ1n) is 8.22. The van der Waals surface area contributed by atoms with Gasteiger partial charge in [0.25, 0.3) is 0 Å². The maximum absolute atomic E-state index is 13.6. The summed E-state index contributed by atoms with van der Waals surface area (Å²) in [4.78, 5) is 12.6. The van der Waals surface area contributed by atoms with E-state index in [4.69, 9.17) is 4.74 Å². The Morgan fingerprint density at radius 1 is 1.21 bits per heavy atom. The van der Waals surface area contributed by atoms with Crippen LogP contribution in [0.2, 0.25) is 0 Å². The molecule has 0 spiro atoms. The predicted octanol–water partition coefficient (Wildman–Crippen LogP) is 3.32. The molecule has 0 saturated carbocycles. The number of anilines is 2. The molecule has 0 fully saturated rings. The Morgan fingerprint density at radius 3 is 2.39 bits per heavy atom. The highest BCUT2D eigenvalue weighted by atomic mass is 32.2. The topological polar surface area (TPSA) is 75.7 Å². The second-order valence-electron chi connectivity index (χ2n) is 5.95. The minimum Gasteiger partial charge on any atom is -0.490 e. The van der Waals surface area contributed by atoms with E-state index in [2.05, 4.69) is 11.9 Å². The number of hydrogen-bond donors (Lipinski definition) is 1. The molecule has 1 N–H and O–H groups in total. The lowest BCUT2D eigenvalue weighted by molar-refractivity contribution is -0.116. The summed E-state index contributed by atoms with van der Waals surface area (Å²) in [6.07, 6.45) is 2.47. The van der Waals surface area contributed by atoms with Crippen LogP contribution in [0.25, 0.3) is 0 Å². The van der Waals surface area contributed by atoms with Crippen molar-refractivity contribution in [3.05, 3.63) is 66.8 Å². The molecule has 0 aliphatic carbocycles. The van der Waals surface area contributed by atoms with Crippen molar-refractivity contribution in [2.75, 3.05) is 22.5 Å². The van der Waals surface area contributed by atoms with E-state index in [0.29, 0.717) is 18.0 Å². The van der Waals surface area contributed by atoms with Crippen molar-refractivity contribution >= 4 is 27.3 Å². The minimum atomic E-state index is -3.95. The molecule has 2 rings (SSSR count). The lowest BCUT2D eigenvalue weighted by Gasteiger charge is -2.28. The molecule has 2 aromatic carbocycles. The van der Waals surface area contributed by atoms with Crippen molar-refractivity contribution in [3.63, 3.8) is 0 Å². The Kier molecular flexibility index (Phi) is 6.74. The number of amides is 1. The van der Waals surface area contributed by atoms with Gasteiger partial charge in [-0.1, -0.05) is 12.7 Å². The van der Waals surface area contributed by atoms with Crippen LogP contribution in [0, 0.1) is 11.6 Å². The third-order valence-corrected chi connectivity index (χ3v) is 4.98. The highest BCUT2D eigenvalue weighted by Gasteiger charge is 2.29. The van der Waals surface area contributed by atoms with Gasteiger partial charge in [-0.15, -0.1) is 0 Å². The van der Waals surface area contributed by atoms with Crippen molar-refractivity contribution in [2.24, 2.45) is 0 Å². The second-order valence-corrected chi connectivity index (χ2v) is 7.81. The van der Waals surface area contributed by atoms with E-state index >= 15 is 0 Å². The van der Waals surface area contributed by atoms with Gasteiger partial charge in [0.2, 0.25) is 15.9 Å². The molecule has 9 heteroatoms. The van der Waals surface area contributed by atoms with Crippen molar-refractivity contribution in [1.82, 2.24) is 0 Å². The summed E-state index contributed by atoms with van der Waals surface area (Å²) in [5.41, 5.74) is 0.263. The summed E-state index contributed by atoms with van der Waals surface area (Å²) in [7, 11) is -3.95. The number of rotatable bonds is 8. The van der Waals surface area contributed by atoms with Gasteiger partial charge in [-0.3, -0.25) is 9.10 Å². The number of carbonyl (C=O) groups is 1. The van der Waals surface area contributed by atoms with Gasteiger partial charge in [-0.25, -0.2) is 17.2 Å². The predicted molar refractivity (Wildman–Crippen MR) is 104 cm³/mol. The van der Waals surface area contributed by atoms with Crippen LogP contribution in [0.15, 0.2) is 55.1 Å². The van der Waals surface area contributed by atoms with Crippen LogP contribution in [0.3, 0.4) is 0 Å².